The maximum atomic E-state index is 12.3. The Hall–Kier alpha value is -1.57. The molecule has 21 heavy (non-hydrogen) atoms. The number of ether oxygens (including phenoxy) is 2. The van der Waals surface area contributed by atoms with E-state index in [-0.39, 0.29) is 4.21 Å². The highest BCUT2D eigenvalue weighted by atomic mass is 32.2. The van der Waals surface area contributed by atoms with E-state index in [9.17, 15) is 8.42 Å². The van der Waals surface area contributed by atoms with Crippen molar-refractivity contribution in [3.63, 3.8) is 0 Å². The van der Waals surface area contributed by atoms with Gasteiger partial charge in [0, 0.05) is 11.6 Å². The largest absolute Gasteiger partial charge is 0.497 e. The molecule has 1 aromatic heterocycles. The molecule has 0 spiro atoms. The fourth-order valence-corrected chi connectivity index (χ4v) is 4.18. The van der Waals surface area contributed by atoms with Crippen LogP contribution < -0.4 is 14.2 Å². The third-order valence-corrected chi connectivity index (χ3v) is 5.93. The number of methoxy groups -OCH3 is 2. The molecule has 1 atom stereocenters. The Labute approximate surface area is 128 Å². The van der Waals surface area contributed by atoms with Gasteiger partial charge >= 0.3 is 0 Å². The molecule has 114 valence electrons. The van der Waals surface area contributed by atoms with Crippen molar-refractivity contribution in [2.24, 2.45) is 0 Å². The van der Waals surface area contributed by atoms with Crippen LogP contribution in [-0.2, 0) is 10.0 Å². The van der Waals surface area contributed by atoms with Gasteiger partial charge in [-0.1, -0.05) is 6.07 Å². The third kappa shape index (κ3) is 3.55. The third-order valence-electron chi connectivity index (χ3n) is 3.00. The van der Waals surface area contributed by atoms with E-state index in [2.05, 4.69) is 4.72 Å². The van der Waals surface area contributed by atoms with E-state index >= 15 is 0 Å². The maximum absolute atomic E-state index is 12.3. The minimum atomic E-state index is -3.54. The van der Waals surface area contributed by atoms with Crippen LogP contribution in [0.3, 0.4) is 0 Å². The Morgan fingerprint density at radius 1 is 1.19 bits per heavy atom. The van der Waals surface area contributed by atoms with Gasteiger partial charge in [0.2, 0.25) is 0 Å². The van der Waals surface area contributed by atoms with Crippen molar-refractivity contribution in [1.82, 2.24) is 4.72 Å². The normalized spacial score (nSPS) is 12.9. The molecule has 5 nitrogen and oxygen atoms in total. The number of hydrogen-bond acceptors (Lipinski definition) is 5. The number of rotatable bonds is 6. The Kier molecular flexibility index (Phi) is 4.87. The summed E-state index contributed by atoms with van der Waals surface area (Å²) in [6.45, 7) is 1.77. The van der Waals surface area contributed by atoms with Gasteiger partial charge in [0.1, 0.15) is 15.7 Å². The van der Waals surface area contributed by atoms with Crippen molar-refractivity contribution >= 4 is 21.4 Å². The highest BCUT2D eigenvalue weighted by Gasteiger charge is 2.21. The second kappa shape index (κ2) is 6.46. The summed E-state index contributed by atoms with van der Waals surface area (Å²) in [5, 5.41) is 1.73. The molecule has 0 saturated carbocycles. The first-order chi connectivity index (χ1) is 9.97. The van der Waals surface area contributed by atoms with Crippen LogP contribution in [0.2, 0.25) is 0 Å². The fourth-order valence-electron chi connectivity index (χ4n) is 1.95. The van der Waals surface area contributed by atoms with E-state index in [1.54, 1.807) is 56.9 Å². The van der Waals surface area contributed by atoms with E-state index in [1.807, 2.05) is 0 Å². The second-order valence-corrected chi connectivity index (χ2v) is 7.27. The number of sulfonamides is 1. The first-order valence-corrected chi connectivity index (χ1v) is 8.62. The van der Waals surface area contributed by atoms with Gasteiger partial charge in [-0.15, -0.1) is 11.3 Å². The van der Waals surface area contributed by atoms with Crippen LogP contribution in [0.25, 0.3) is 0 Å². The van der Waals surface area contributed by atoms with Crippen molar-refractivity contribution < 1.29 is 17.9 Å². The van der Waals surface area contributed by atoms with Crippen molar-refractivity contribution in [3.8, 4) is 11.5 Å². The Morgan fingerprint density at radius 3 is 2.52 bits per heavy atom. The van der Waals surface area contributed by atoms with Gasteiger partial charge in [-0.2, -0.15) is 0 Å². The molecule has 0 aliphatic carbocycles. The summed E-state index contributed by atoms with van der Waals surface area (Å²) in [7, 11) is -0.428. The lowest BCUT2D eigenvalue weighted by molar-refractivity contribution is 0.395. The molecule has 7 heteroatoms. The van der Waals surface area contributed by atoms with Gasteiger partial charge in [-0.25, -0.2) is 13.1 Å². The van der Waals surface area contributed by atoms with Crippen LogP contribution in [0.4, 0.5) is 0 Å². The summed E-state index contributed by atoms with van der Waals surface area (Å²) in [6.07, 6.45) is 0. The van der Waals surface area contributed by atoms with Crippen molar-refractivity contribution in [3.05, 3.63) is 41.3 Å². The van der Waals surface area contributed by atoms with Crippen LogP contribution in [0, 0.1) is 0 Å². The summed E-state index contributed by atoms with van der Waals surface area (Å²) in [5.41, 5.74) is 0.719. The quantitative estimate of drug-likeness (QED) is 0.886. The molecule has 1 N–H and O–H groups in total. The first-order valence-electron chi connectivity index (χ1n) is 6.25. The van der Waals surface area contributed by atoms with Crippen LogP contribution in [0.1, 0.15) is 18.5 Å². The van der Waals surface area contributed by atoms with Gasteiger partial charge in [0.05, 0.1) is 14.2 Å². The zero-order chi connectivity index (χ0) is 15.5. The Bertz CT molecular complexity index is 696. The lowest BCUT2D eigenvalue weighted by Gasteiger charge is -2.17. The maximum Gasteiger partial charge on any atom is 0.250 e. The predicted octanol–water partition coefficient (Wildman–Crippen LogP) is 2.80. The molecular formula is C14H17NO4S2. The second-order valence-electron chi connectivity index (χ2n) is 4.38. The number of hydrogen-bond donors (Lipinski definition) is 1. The van der Waals surface area contributed by atoms with E-state index in [4.69, 9.17) is 9.47 Å². The van der Waals surface area contributed by atoms with Crippen molar-refractivity contribution in [2.45, 2.75) is 17.2 Å². The average molecular weight is 327 g/mol. The van der Waals surface area contributed by atoms with Crippen LogP contribution in [0.5, 0.6) is 11.5 Å². The molecule has 0 amide bonds. The summed E-state index contributed by atoms with van der Waals surface area (Å²) < 4.78 is 37.9. The monoisotopic (exact) mass is 327 g/mol. The molecular weight excluding hydrogens is 310 g/mol. The van der Waals surface area contributed by atoms with E-state index in [0.29, 0.717) is 11.5 Å². The SMILES string of the molecule is COc1ccc(OC)c([C@@H](C)NS(=O)(=O)c2cccs2)c1. The molecule has 0 bridgehead atoms. The predicted molar refractivity (Wildman–Crippen MR) is 82.6 cm³/mol. The van der Waals surface area contributed by atoms with E-state index in [1.165, 1.54) is 11.3 Å². The zero-order valence-corrected chi connectivity index (χ0v) is 13.6. The number of benzene rings is 1. The topological polar surface area (TPSA) is 64.6 Å². The molecule has 0 saturated heterocycles. The van der Waals surface area contributed by atoms with Crippen molar-refractivity contribution in [2.75, 3.05) is 14.2 Å². The van der Waals surface area contributed by atoms with Gasteiger partial charge in [-0.3, -0.25) is 0 Å². The van der Waals surface area contributed by atoms with E-state index in [0.717, 1.165) is 5.56 Å². The summed E-state index contributed by atoms with van der Waals surface area (Å²) in [6, 6.07) is 8.12. The molecule has 2 aromatic rings. The van der Waals surface area contributed by atoms with Gasteiger partial charge < -0.3 is 9.47 Å². The highest BCUT2D eigenvalue weighted by Crippen LogP contribution is 2.30. The lowest BCUT2D eigenvalue weighted by Crippen LogP contribution is -2.26. The Morgan fingerprint density at radius 2 is 1.95 bits per heavy atom. The fraction of sp³-hybridized carbons (Fsp3) is 0.286. The summed E-state index contributed by atoms with van der Waals surface area (Å²) >= 11 is 1.18. The van der Waals surface area contributed by atoms with Crippen LogP contribution >= 0.6 is 11.3 Å². The molecule has 0 unspecified atom stereocenters. The standard InChI is InChI=1S/C14H17NO4S2/c1-10(15-21(16,17)14-5-4-8-20-14)12-9-11(18-2)6-7-13(12)19-3/h4-10,15H,1-3H3/t10-/m1/s1. The molecule has 0 aliphatic rings. The molecule has 2 rings (SSSR count). The molecule has 0 fully saturated rings. The van der Waals surface area contributed by atoms with E-state index < -0.39 is 16.1 Å². The molecule has 1 heterocycles. The first kappa shape index (κ1) is 15.8. The smallest absolute Gasteiger partial charge is 0.250 e. The molecule has 0 radical (unpaired) electrons. The van der Waals surface area contributed by atoms with Crippen LogP contribution in [-0.4, -0.2) is 22.6 Å². The summed E-state index contributed by atoms with van der Waals surface area (Å²) in [5.74, 6) is 1.25. The Balaban J connectivity index is 2.30. The average Bonchev–Trinajstić information content (AvgIpc) is 3.01. The summed E-state index contributed by atoms with van der Waals surface area (Å²) in [4.78, 5) is 0. The zero-order valence-electron chi connectivity index (χ0n) is 12.0. The van der Waals surface area contributed by atoms with Gasteiger partial charge in [-0.05, 0) is 36.6 Å². The minimum Gasteiger partial charge on any atom is -0.497 e. The minimum absolute atomic E-state index is 0.288. The van der Waals surface area contributed by atoms with Crippen LogP contribution in [0.15, 0.2) is 39.9 Å². The molecule has 1 aromatic carbocycles. The number of thiophene rings is 1. The molecule has 0 aliphatic heterocycles. The van der Waals surface area contributed by atoms with Crippen molar-refractivity contribution in [1.29, 1.82) is 0 Å². The number of nitrogens with one attached hydrogen (secondary N) is 1. The highest BCUT2D eigenvalue weighted by molar-refractivity contribution is 7.91. The van der Waals surface area contributed by atoms with Gasteiger partial charge in [0.25, 0.3) is 10.0 Å². The van der Waals surface area contributed by atoms with Gasteiger partial charge in [0.15, 0.2) is 0 Å². The lowest BCUT2D eigenvalue weighted by atomic mass is 10.1.